The van der Waals surface area contributed by atoms with Crippen LogP contribution in [0.1, 0.15) is 67.1 Å². The lowest BCUT2D eigenvalue weighted by Crippen LogP contribution is -2.35. The first-order valence-electron chi connectivity index (χ1n) is 10.4. The Morgan fingerprint density at radius 3 is 2.57 bits per heavy atom. The summed E-state index contributed by atoms with van der Waals surface area (Å²) in [7, 11) is 1.68. The minimum absolute atomic E-state index is 0.0538. The molecule has 3 rings (SSSR count). The third kappa shape index (κ3) is 4.48. The van der Waals surface area contributed by atoms with Crippen LogP contribution in [0.25, 0.3) is 0 Å². The van der Waals surface area contributed by atoms with Gasteiger partial charge in [0.1, 0.15) is 5.75 Å². The lowest BCUT2D eigenvalue weighted by atomic mass is 9.71. The normalized spacial score (nSPS) is 15.8. The highest BCUT2D eigenvalue weighted by atomic mass is 19.1. The number of benzene rings is 1. The van der Waals surface area contributed by atoms with Crippen molar-refractivity contribution in [3.8, 4) is 11.5 Å². The summed E-state index contributed by atoms with van der Waals surface area (Å²) >= 11 is 0. The van der Waals surface area contributed by atoms with E-state index in [1.807, 2.05) is 6.92 Å². The van der Waals surface area contributed by atoms with Crippen LogP contribution in [0.15, 0.2) is 18.2 Å². The standard InChI is InChI=1S/C24H30FNO4/c1-15-12-21(30-17(3)27)22(25)16(2)19(15)13-18-8-9-20(28)23(26-18)24(14-29-4)10-6-5-7-11-24/h8-9,12,28H,5-7,10-11,13-14H2,1-4H3. The van der Waals surface area contributed by atoms with Gasteiger partial charge in [-0.05, 0) is 61.6 Å². The second-order valence-corrected chi connectivity index (χ2v) is 8.32. The van der Waals surface area contributed by atoms with Crippen LogP contribution in [0.4, 0.5) is 4.39 Å². The number of pyridine rings is 1. The molecule has 0 amide bonds. The Labute approximate surface area is 177 Å². The molecule has 0 spiro atoms. The molecule has 0 radical (unpaired) electrons. The van der Waals surface area contributed by atoms with Crippen LogP contribution in [0.2, 0.25) is 0 Å². The van der Waals surface area contributed by atoms with E-state index in [0.29, 0.717) is 24.3 Å². The monoisotopic (exact) mass is 415 g/mol. The van der Waals surface area contributed by atoms with E-state index in [-0.39, 0.29) is 16.9 Å². The molecule has 162 valence electrons. The van der Waals surface area contributed by atoms with Crippen LogP contribution in [0.3, 0.4) is 0 Å². The number of aromatic hydroxyl groups is 1. The van der Waals surface area contributed by atoms with Crippen molar-refractivity contribution >= 4 is 5.97 Å². The predicted octanol–water partition coefficient (Wildman–Crippen LogP) is 4.91. The molecule has 30 heavy (non-hydrogen) atoms. The summed E-state index contributed by atoms with van der Waals surface area (Å²) in [5, 5.41) is 10.6. The molecule has 0 unspecified atom stereocenters. The van der Waals surface area contributed by atoms with E-state index >= 15 is 0 Å². The highest BCUT2D eigenvalue weighted by molar-refractivity contribution is 5.69. The quantitative estimate of drug-likeness (QED) is 0.536. The van der Waals surface area contributed by atoms with E-state index in [0.717, 1.165) is 42.5 Å². The van der Waals surface area contributed by atoms with Gasteiger partial charge in [-0.25, -0.2) is 4.39 Å². The van der Waals surface area contributed by atoms with Crippen molar-refractivity contribution in [3.05, 3.63) is 52.1 Å². The van der Waals surface area contributed by atoms with Crippen LogP contribution in [0.5, 0.6) is 11.5 Å². The molecule has 0 aliphatic heterocycles. The molecule has 5 nitrogen and oxygen atoms in total. The highest BCUT2D eigenvalue weighted by Gasteiger charge is 2.37. The first-order chi connectivity index (χ1) is 14.3. The number of carbonyl (C=O) groups is 1. The van der Waals surface area contributed by atoms with Crippen molar-refractivity contribution in [2.45, 2.75) is 64.7 Å². The lowest BCUT2D eigenvalue weighted by molar-refractivity contribution is -0.132. The van der Waals surface area contributed by atoms with Gasteiger partial charge in [-0.15, -0.1) is 0 Å². The molecular weight excluding hydrogens is 385 g/mol. The Bertz CT molecular complexity index is 930. The third-order valence-electron chi connectivity index (χ3n) is 6.10. The maximum atomic E-state index is 14.7. The molecule has 1 N–H and O–H groups in total. The van der Waals surface area contributed by atoms with Gasteiger partial charge in [-0.2, -0.15) is 0 Å². The molecule has 1 aromatic carbocycles. The summed E-state index contributed by atoms with van der Waals surface area (Å²) in [5.41, 5.74) is 3.21. The van der Waals surface area contributed by atoms with Gasteiger partial charge in [0.15, 0.2) is 11.6 Å². The average Bonchev–Trinajstić information content (AvgIpc) is 2.71. The van der Waals surface area contributed by atoms with Crippen molar-refractivity contribution in [2.75, 3.05) is 13.7 Å². The van der Waals surface area contributed by atoms with Crippen LogP contribution < -0.4 is 4.74 Å². The molecule has 1 fully saturated rings. The van der Waals surface area contributed by atoms with E-state index < -0.39 is 11.8 Å². The number of methoxy groups -OCH3 is 1. The highest BCUT2D eigenvalue weighted by Crippen LogP contribution is 2.42. The number of aryl methyl sites for hydroxylation is 1. The van der Waals surface area contributed by atoms with Crippen molar-refractivity contribution in [3.63, 3.8) is 0 Å². The largest absolute Gasteiger partial charge is 0.506 e. The zero-order chi connectivity index (χ0) is 21.9. The summed E-state index contributed by atoms with van der Waals surface area (Å²) in [5.74, 6) is -0.960. The van der Waals surface area contributed by atoms with Gasteiger partial charge in [-0.1, -0.05) is 19.3 Å². The molecule has 0 bridgehead atoms. The maximum Gasteiger partial charge on any atom is 0.308 e. The van der Waals surface area contributed by atoms with Crippen LogP contribution >= 0.6 is 0 Å². The first kappa shape index (κ1) is 22.2. The SMILES string of the molecule is COCC1(c2nc(Cc3c(C)cc(OC(C)=O)c(F)c3C)ccc2O)CCCCC1. The van der Waals surface area contributed by atoms with Gasteiger partial charge in [0, 0.05) is 31.6 Å². The Kier molecular flexibility index (Phi) is 6.76. The van der Waals surface area contributed by atoms with Gasteiger partial charge in [0.2, 0.25) is 0 Å². The minimum Gasteiger partial charge on any atom is -0.506 e. The number of carbonyl (C=O) groups excluding carboxylic acids is 1. The van der Waals surface area contributed by atoms with E-state index in [9.17, 15) is 14.3 Å². The van der Waals surface area contributed by atoms with Gasteiger partial charge in [0.05, 0.1) is 12.3 Å². The number of aromatic nitrogens is 1. The van der Waals surface area contributed by atoms with Gasteiger partial charge < -0.3 is 14.6 Å². The fraction of sp³-hybridized carbons (Fsp3) is 0.500. The molecule has 1 aromatic heterocycles. The molecule has 1 saturated carbocycles. The Balaban J connectivity index is 1.98. The predicted molar refractivity (Wildman–Crippen MR) is 113 cm³/mol. The van der Waals surface area contributed by atoms with Gasteiger partial charge in [-0.3, -0.25) is 9.78 Å². The van der Waals surface area contributed by atoms with Crippen LogP contribution in [0, 0.1) is 19.7 Å². The Hall–Kier alpha value is -2.47. The Morgan fingerprint density at radius 1 is 1.23 bits per heavy atom. The summed E-state index contributed by atoms with van der Waals surface area (Å²) < 4.78 is 25.2. The summed E-state index contributed by atoms with van der Waals surface area (Å²) in [6, 6.07) is 5.00. The average molecular weight is 416 g/mol. The molecular formula is C24H30FNO4. The van der Waals surface area contributed by atoms with Crippen molar-refractivity contribution in [1.82, 2.24) is 4.98 Å². The summed E-state index contributed by atoms with van der Waals surface area (Å²) in [4.78, 5) is 16.1. The minimum atomic E-state index is -0.554. The van der Waals surface area contributed by atoms with E-state index in [1.54, 1.807) is 32.2 Å². The number of halogens is 1. The van der Waals surface area contributed by atoms with E-state index in [2.05, 4.69) is 0 Å². The van der Waals surface area contributed by atoms with Crippen molar-refractivity contribution in [2.24, 2.45) is 0 Å². The van der Waals surface area contributed by atoms with Gasteiger partial charge in [0.25, 0.3) is 0 Å². The number of ether oxygens (including phenoxy) is 2. The second-order valence-electron chi connectivity index (χ2n) is 8.32. The smallest absolute Gasteiger partial charge is 0.308 e. The topological polar surface area (TPSA) is 68.7 Å². The summed E-state index contributed by atoms with van der Waals surface area (Å²) in [6.45, 7) is 5.31. The molecule has 2 aromatic rings. The second kappa shape index (κ2) is 9.13. The third-order valence-corrected chi connectivity index (χ3v) is 6.10. The lowest BCUT2D eigenvalue weighted by Gasteiger charge is -2.36. The fourth-order valence-corrected chi connectivity index (χ4v) is 4.58. The van der Waals surface area contributed by atoms with Crippen LogP contribution in [-0.2, 0) is 21.4 Å². The number of esters is 1. The van der Waals surface area contributed by atoms with E-state index in [4.69, 9.17) is 14.5 Å². The molecule has 6 heteroatoms. The number of rotatable bonds is 6. The van der Waals surface area contributed by atoms with E-state index in [1.165, 1.54) is 13.3 Å². The summed E-state index contributed by atoms with van der Waals surface area (Å²) in [6.07, 6.45) is 5.61. The van der Waals surface area contributed by atoms with Crippen molar-refractivity contribution < 1.29 is 23.8 Å². The molecule has 1 aliphatic carbocycles. The molecule has 1 heterocycles. The Morgan fingerprint density at radius 2 is 1.93 bits per heavy atom. The van der Waals surface area contributed by atoms with Crippen molar-refractivity contribution in [1.29, 1.82) is 0 Å². The number of hydrogen-bond acceptors (Lipinski definition) is 5. The molecule has 0 saturated heterocycles. The zero-order valence-electron chi connectivity index (χ0n) is 18.2. The van der Waals surface area contributed by atoms with Crippen LogP contribution in [-0.4, -0.2) is 29.8 Å². The number of hydrogen-bond donors (Lipinski definition) is 1. The number of nitrogens with zero attached hydrogens (tertiary/aromatic N) is 1. The maximum absolute atomic E-state index is 14.7. The molecule has 1 aliphatic rings. The molecule has 0 atom stereocenters. The first-order valence-corrected chi connectivity index (χ1v) is 10.4. The fourth-order valence-electron chi connectivity index (χ4n) is 4.58. The van der Waals surface area contributed by atoms with Gasteiger partial charge >= 0.3 is 5.97 Å². The zero-order valence-corrected chi connectivity index (χ0v) is 18.2.